The summed E-state index contributed by atoms with van der Waals surface area (Å²) >= 11 is 0. The van der Waals surface area contributed by atoms with Gasteiger partial charge in [-0.25, -0.2) is 0 Å². The minimum atomic E-state index is -0.528. The fourth-order valence-electron chi connectivity index (χ4n) is 3.87. The maximum absolute atomic E-state index is 12.8. The summed E-state index contributed by atoms with van der Waals surface area (Å²) in [6, 6.07) is 20.7. The van der Waals surface area contributed by atoms with Crippen molar-refractivity contribution in [3.8, 4) is 0 Å². The predicted octanol–water partition coefficient (Wildman–Crippen LogP) is 4.12. The molecule has 168 valence electrons. The van der Waals surface area contributed by atoms with E-state index in [0.29, 0.717) is 18.8 Å². The summed E-state index contributed by atoms with van der Waals surface area (Å²) in [4.78, 5) is 39.7. The van der Waals surface area contributed by atoms with E-state index in [2.05, 4.69) is 10.2 Å². The van der Waals surface area contributed by atoms with Crippen molar-refractivity contribution in [2.24, 2.45) is 0 Å². The van der Waals surface area contributed by atoms with Crippen LogP contribution in [0, 0.1) is 17.0 Å². The number of nitrogens with zero attached hydrogens (tertiary/aromatic N) is 3. The first-order valence-corrected chi connectivity index (χ1v) is 10.7. The van der Waals surface area contributed by atoms with E-state index < -0.39 is 10.8 Å². The summed E-state index contributed by atoms with van der Waals surface area (Å²) in [5, 5.41) is 13.7. The van der Waals surface area contributed by atoms with Gasteiger partial charge in [-0.05, 0) is 48.9 Å². The van der Waals surface area contributed by atoms with Gasteiger partial charge >= 0.3 is 0 Å². The Morgan fingerprint density at radius 1 is 0.909 bits per heavy atom. The van der Waals surface area contributed by atoms with E-state index in [9.17, 15) is 19.7 Å². The zero-order valence-electron chi connectivity index (χ0n) is 18.2. The van der Waals surface area contributed by atoms with Crippen LogP contribution in [0.15, 0.2) is 72.8 Å². The van der Waals surface area contributed by atoms with Gasteiger partial charge in [0.05, 0.1) is 4.92 Å². The molecule has 3 aromatic carbocycles. The summed E-state index contributed by atoms with van der Waals surface area (Å²) in [7, 11) is 0. The van der Waals surface area contributed by atoms with Crippen molar-refractivity contribution in [1.82, 2.24) is 4.90 Å². The molecular weight excluding hydrogens is 420 g/mol. The maximum atomic E-state index is 12.8. The molecule has 1 N–H and O–H groups in total. The molecule has 0 radical (unpaired) electrons. The quantitative estimate of drug-likeness (QED) is 0.472. The molecule has 2 amide bonds. The maximum Gasteiger partial charge on any atom is 0.270 e. The summed E-state index contributed by atoms with van der Waals surface area (Å²) < 4.78 is 0. The van der Waals surface area contributed by atoms with Crippen LogP contribution in [0.25, 0.3) is 0 Å². The molecule has 1 fully saturated rings. The van der Waals surface area contributed by atoms with Gasteiger partial charge in [0.25, 0.3) is 17.5 Å². The Hall–Kier alpha value is -4.20. The molecule has 0 spiro atoms. The number of nitro benzene ring substituents is 1. The number of carbonyl (C=O) groups is 2. The number of hydrogen-bond acceptors (Lipinski definition) is 5. The van der Waals surface area contributed by atoms with Gasteiger partial charge in [-0.1, -0.05) is 24.3 Å². The van der Waals surface area contributed by atoms with Gasteiger partial charge in [-0.3, -0.25) is 19.7 Å². The second kappa shape index (κ2) is 9.52. The molecule has 8 heteroatoms. The molecule has 0 atom stereocenters. The molecule has 33 heavy (non-hydrogen) atoms. The average molecular weight is 444 g/mol. The lowest BCUT2D eigenvalue weighted by Crippen LogP contribution is -2.48. The topological polar surface area (TPSA) is 95.8 Å². The van der Waals surface area contributed by atoms with E-state index in [4.69, 9.17) is 0 Å². The highest BCUT2D eigenvalue weighted by atomic mass is 16.6. The standard InChI is InChI=1S/C25H24N4O4/c1-18-5-2-3-8-23(18)25(31)28-15-13-27(14-16-28)21-11-9-20(10-12-21)26-24(30)19-6-4-7-22(17-19)29(32)33/h2-12,17H,13-16H2,1H3,(H,26,30). The van der Waals surface area contributed by atoms with Crippen molar-refractivity contribution < 1.29 is 14.5 Å². The highest BCUT2D eigenvalue weighted by molar-refractivity contribution is 6.04. The lowest BCUT2D eigenvalue weighted by Gasteiger charge is -2.36. The van der Waals surface area contributed by atoms with Gasteiger partial charge in [-0.15, -0.1) is 0 Å². The Bertz CT molecular complexity index is 1190. The van der Waals surface area contributed by atoms with Gasteiger partial charge in [0.15, 0.2) is 0 Å². The Morgan fingerprint density at radius 2 is 1.61 bits per heavy atom. The minimum absolute atomic E-state index is 0.0620. The van der Waals surface area contributed by atoms with Crippen LogP contribution in [0.2, 0.25) is 0 Å². The van der Waals surface area contributed by atoms with E-state index in [-0.39, 0.29) is 17.2 Å². The molecular formula is C25H24N4O4. The lowest BCUT2D eigenvalue weighted by atomic mass is 10.1. The second-order valence-corrected chi connectivity index (χ2v) is 7.90. The van der Waals surface area contributed by atoms with Gasteiger partial charge in [0.1, 0.15) is 0 Å². The van der Waals surface area contributed by atoms with E-state index in [1.54, 1.807) is 12.1 Å². The fourth-order valence-corrected chi connectivity index (χ4v) is 3.87. The molecule has 0 aliphatic carbocycles. The molecule has 0 bridgehead atoms. The third kappa shape index (κ3) is 5.01. The monoisotopic (exact) mass is 444 g/mol. The number of carbonyl (C=O) groups excluding carboxylic acids is 2. The largest absolute Gasteiger partial charge is 0.368 e. The number of nitro groups is 1. The molecule has 3 aromatic rings. The van der Waals surface area contributed by atoms with E-state index in [0.717, 1.165) is 29.9 Å². The molecule has 1 aliphatic heterocycles. The molecule has 1 heterocycles. The van der Waals surface area contributed by atoms with Crippen LogP contribution in [-0.4, -0.2) is 47.8 Å². The number of aryl methyl sites for hydroxylation is 1. The van der Waals surface area contributed by atoms with Gasteiger partial charge in [0.2, 0.25) is 0 Å². The van der Waals surface area contributed by atoms with Crippen LogP contribution in [0.4, 0.5) is 17.1 Å². The van der Waals surface area contributed by atoms with Crippen LogP contribution in [-0.2, 0) is 0 Å². The highest BCUT2D eigenvalue weighted by Crippen LogP contribution is 2.22. The van der Waals surface area contributed by atoms with Crippen LogP contribution < -0.4 is 10.2 Å². The van der Waals surface area contributed by atoms with Gasteiger partial charge in [-0.2, -0.15) is 0 Å². The molecule has 1 saturated heterocycles. The van der Waals surface area contributed by atoms with Crippen LogP contribution in [0.5, 0.6) is 0 Å². The first-order valence-electron chi connectivity index (χ1n) is 10.7. The summed E-state index contributed by atoms with van der Waals surface area (Å²) in [6.45, 7) is 4.66. The molecule has 8 nitrogen and oxygen atoms in total. The second-order valence-electron chi connectivity index (χ2n) is 7.90. The van der Waals surface area contributed by atoms with Crippen LogP contribution in [0.3, 0.4) is 0 Å². The number of piperazine rings is 1. The number of rotatable bonds is 5. The SMILES string of the molecule is Cc1ccccc1C(=O)N1CCN(c2ccc(NC(=O)c3cccc([N+](=O)[O-])c3)cc2)CC1. The third-order valence-electron chi connectivity index (χ3n) is 5.75. The van der Waals surface area contributed by atoms with E-state index in [1.165, 1.54) is 24.3 Å². The van der Waals surface area contributed by atoms with Gasteiger partial charge < -0.3 is 15.1 Å². The first-order chi connectivity index (χ1) is 15.9. The highest BCUT2D eigenvalue weighted by Gasteiger charge is 2.23. The number of benzene rings is 3. The van der Waals surface area contributed by atoms with Crippen molar-refractivity contribution in [2.75, 3.05) is 36.4 Å². The summed E-state index contributed by atoms with van der Waals surface area (Å²) in [6.07, 6.45) is 0. The van der Waals surface area contributed by atoms with E-state index >= 15 is 0 Å². The van der Waals surface area contributed by atoms with Crippen molar-refractivity contribution >= 4 is 28.9 Å². The third-order valence-corrected chi connectivity index (χ3v) is 5.75. The predicted molar refractivity (Wildman–Crippen MR) is 127 cm³/mol. The zero-order chi connectivity index (χ0) is 23.4. The average Bonchev–Trinajstić information content (AvgIpc) is 2.84. The normalized spacial score (nSPS) is 13.5. The Morgan fingerprint density at radius 3 is 2.27 bits per heavy atom. The molecule has 4 rings (SSSR count). The molecule has 1 aliphatic rings. The summed E-state index contributed by atoms with van der Waals surface area (Å²) in [5.74, 6) is -0.346. The minimum Gasteiger partial charge on any atom is -0.368 e. The number of amides is 2. The van der Waals surface area contributed by atoms with E-state index in [1.807, 2.05) is 48.2 Å². The Kier molecular flexibility index (Phi) is 6.35. The van der Waals surface area contributed by atoms with Crippen molar-refractivity contribution in [3.05, 3.63) is 99.6 Å². The smallest absolute Gasteiger partial charge is 0.270 e. The number of non-ortho nitro benzene ring substituents is 1. The van der Waals surface area contributed by atoms with Crippen molar-refractivity contribution in [3.63, 3.8) is 0 Å². The van der Waals surface area contributed by atoms with Crippen LogP contribution >= 0.6 is 0 Å². The summed E-state index contributed by atoms with van der Waals surface area (Å²) in [5.41, 5.74) is 3.43. The Balaban J connectivity index is 1.35. The molecule has 0 unspecified atom stereocenters. The lowest BCUT2D eigenvalue weighted by molar-refractivity contribution is -0.384. The van der Waals surface area contributed by atoms with Crippen molar-refractivity contribution in [1.29, 1.82) is 0 Å². The fraction of sp³-hybridized carbons (Fsp3) is 0.200. The Labute approximate surface area is 191 Å². The molecule has 0 aromatic heterocycles. The van der Waals surface area contributed by atoms with Gasteiger partial charge in [0, 0.05) is 60.8 Å². The number of nitrogens with one attached hydrogen (secondary N) is 1. The van der Waals surface area contributed by atoms with Crippen LogP contribution in [0.1, 0.15) is 26.3 Å². The number of hydrogen-bond donors (Lipinski definition) is 1. The number of anilines is 2. The molecule has 0 saturated carbocycles. The first kappa shape index (κ1) is 22.0. The zero-order valence-corrected chi connectivity index (χ0v) is 18.2. The van der Waals surface area contributed by atoms with Crippen molar-refractivity contribution in [2.45, 2.75) is 6.92 Å².